The van der Waals surface area contributed by atoms with Gasteiger partial charge in [0.05, 0.1) is 41.7 Å². The van der Waals surface area contributed by atoms with E-state index in [0.717, 1.165) is 34.3 Å². The molecule has 1 fully saturated rings. The van der Waals surface area contributed by atoms with Crippen LogP contribution in [-0.2, 0) is 16.6 Å². The molecule has 2 aromatic heterocycles. The van der Waals surface area contributed by atoms with E-state index in [4.69, 9.17) is 14.0 Å². The van der Waals surface area contributed by atoms with Gasteiger partial charge in [-0.15, -0.1) is 0 Å². The molecule has 38 heavy (non-hydrogen) atoms. The van der Waals surface area contributed by atoms with Gasteiger partial charge in [0, 0.05) is 24.1 Å². The van der Waals surface area contributed by atoms with E-state index in [-0.39, 0.29) is 6.54 Å². The molecule has 0 bridgehead atoms. The first-order valence-electron chi connectivity index (χ1n) is 13.0. The largest absolute Gasteiger partial charge is 0.493 e. The summed E-state index contributed by atoms with van der Waals surface area (Å²) in [5.74, 6) is 1.29. The van der Waals surface area contributed by atoms with Crippen LogP contribution in [0.5, 0.6) is 11.5 Å². The summed E-state index contributed by atoms with van der Waals surface area (Å²) in [4.78, 5) is 15.8. The minimum Gasteiger partial charge on any atom is -0.493 e. The molecule has 5 rings (SSSR count). The Kier molecular flexibility index (Phi) is 7.23. The van der Waals surface area contributed by atoms with Crippen LogP contribution in [0.1, 0.15) is 43.9 Å². The summed E-state index contributed by atoms with van der Waals surface area (Å²) in [6, 6.07) is 8.98. The van der Waals surface area contributed by atoms with Gasteiger partial charge in [-0.2, -0.15) is 3.97 Å². The number of rotatable bonds is 12. The van der Waals surface area contributed by atoms with Crippen molar-refractivity contribution in [2.75, 3.05) is 33.9 Å². The lowest BCUT2D eigenvalue weighted by Crippen LogP contribution is -2.31. The molecule has 204 valence electrons. The van der Waals surface area contributed by atoms with Gasteiger partial charge in [0.25, 0.3) is 0 Å². The zero-order valence-corrected chi connectivity index (χ0v) is 23.1. The fraction of sp³-hybridized carbons (Fsp3) is 0.481. The Balaban J connectivity index is 1.58. The van der Waals surface area contributed by atoms with Gasteiger partial charge in [0.2, 0.25) is 10.0 Å². The number of aryl methyl sites for hydroxylation is 1. The lowest BCUT2D eigenvalue weighted by molar-refractivity contribution is 0.277. The monoisotopic (exact) mass is 542 g/mol. The van der Waals surface area contributed by atoms with E-state index in [9.17, 15) is 13.2 Å². The molecule has 1 aliphatic carbocycles. The Morgan fingerprint density at radius 1 is 1.05 bits per heavy atom. The summed E-state index contributed by atoms with van der Waals surface area (Å²) in [7, 11) is 0.196. The van der Waals surface area contributed by atoms with Crippen molar-refractivity contribution in [3.63, 3.8) is 0 Å². The fourth-order valence-corrected chi connectivity index (χ4v) is 6.32. The van der Waals surface area contributed by atoms with Crippen molar-refractivity contribution in [2.45, 2.75) is 51.3 Å². The molecule has 11 heteroatoms. The van der Waals surface area contributed by atoms with E-state index in [1.165, 1.54) is 4.57 Å². The van der Waals surface area contributed by atoms with Crippen molar-refractivity contribution in [3.8, 4) is 11.5 Å². The van der Waals surface area contributed by atoms with Gasteiger partial charge in [-0.1, -0.05) is 12.1 Å². The summed E-state index contributed by atoms with van der Waals surface area (Å²) in [5, 5.41) is 4.21. The van der Waals surface area contributed by atoms with E-state index in [1.807, 2.05) is 46.1 Å². The molecule has 2 aromatic carbocycles. The van der Waals surface area contributed by atoms with E-state index in [2.05, 4.69) is 10.1 Å². The molecule has 0 amide bonds. The van der Waals surface area contributed by atoms with Crippen LogP contribution in [0.15, 0.2) is 39.6 Å². The van der Waals surface area contributed by atoms with Gasteiger partial charge in [0.1, 0.15) is 11.5 Å². The first-order chi connectivity index (χ1) is 18.2. The molecule has 1 aliphatic rings. The molecule has 2 heterocycles. The van der Waals surface area contributed by atoms with Crippen molar-refractivity contribution in [3.05, 3.63) is 52.1 Å². The standard InChI is InChI=1S/C27H34N4O6S/c1-5-10-35-20-12-19(13-21(14-20)36-11-6-9-29(3)4)17-30-24-15-23-18(2)28-37-26(23)16-25(24)31(27(30)32)38(33,34)22-7-8-22/h12-16,22H,5-11,17H2,1-4H3. The minimum absolute atomic E-state index is 0.149. The number of ether oxygens (including phenoxy) is 2. The van der Waals surface area contributed by atoms with Crippen LogP contribution in [0.4, 0.5) is 0 Å². The molecule has 0 aliphatic heterocycles. The zero-order chi connectivity index (χ0) is 27.0. The number of hydrogen-bond acceptors (Lipinski definition) is 8. The number of benzene rings is 2. The quantitative estimate of drug-likeness (QED) is 0.249. The molecule has 4 aromatic rings. The van der Waals surface area contributed by atoms with Crippen LogP contribution in [0.25, 0.3) is 22.0 Å². The highest BCUT2D eigenvalue weighted by molar-refractivity contribution is 7.91. The van der Waals surface area contributed by atoms with Crippen molar-refractivity contribution >= 4 is 32.0 Å². The van der Waals surface area contributed by atoms with Gasteiger partial charge in [0.15, 0.2) is 5.58 Å². The van der Waals surface area contributed by atoms with Crippen LogP contribution < -0.4 is 15.2 Å². The summed E-state index contributed by atoms with van der Waals surface area (Å²) < 4.78 is 46.4. The molecule has 0 spiro atoms. The number of aromatic nitrogens is 3. The average molecular weight is 543 g/mol. The molecule has 0 N–H and O–H groups in total. The van der Waals surface area contributed by atoms with Gasteiger partial charge in [-0.05, 0) is 70.5 Å². The van der Waals surface area contributed by atoms with E-state index < -0.39 is 21.0 Å². The van der Waals surface area contributed by atoms with Gasteiger partial charge < -0.3 is 18.9 Å². The second-order valence-electron chi connectivity index (χ2n) is 10.1. The number of hydrogen-bond donors (Lipinski definition) is 0. The SMILES string of the molecule is CCCOc1cc(Cn2c(=O)n(S(=O)(=O)C3CC3)c3cc4onc(C)c4cc32)cc(OCCCN(C)C)c1. The van der Waals surface area contributed by atoms with Crippen LogP contribution in [0.2, 0.25) is 0 Å². The van der Waals surface area contributed by atoms with Crippen LogP contribution >= 0.6 is 0 Å². The Morgan fingerprint density at radius 2 is 1.76 bits per heavy atom. The van der Waals surface area contributed by atoms with Crippen molar-refractivity contribution in [2.24, 2.45) is 0 Å². The van der Waals surface area contributed by atoms with E-state index in [0.29, 0.717) is 59.9 Å². The number of nitrogens with zero attached hydrogens (tertiary/aromatic N) is 4. The highest BCUT2D eigenvalue weighted by atomic mass is 32.2. The van der Waals surface area contributed by atoms with E-state index >= 15 is 0 Å². The first-order valence-corrected chi connectivity index (χ1v) is 14.5. The predicted molar refractivity (Wildman–Crippen MR) is 146 cm³/mol. The molecule has 0 saturated heterocycles. The molecule has 10 nitrogen and oxygen atoms in total. The van der Waals surface area contributed by atoms with Crippen molar-refractivity contribution in [1.29, 1.82) is 0 Å². The second-order valence-corrected chi connectivity index (χ2v) is 12.2. The second kappa shape index (κ2) is 10.5. The Morgan fingerprint density at radius 3 is 2.42 bits per heavy atom. The maximum Gasteiger partial charge on any atom is 0.343 e. The highest BCUT2D eigenvalue weighted by Crippen LogP contribution is 2.33. The van der Waals surface area contributed by atoms with Crippen molar-refractivity contribution in [1.82, 2.24) is 18.6 Å². The maximum atomic E-state index is 13.7. The third kappa shape index (κ3) is 5.17. The van der Waals surface area contributed by atoms with E-state index in [1.54, 1.807) is 12.1 Å². The fourth-order valence-electron chi connectivity index (χ4n) is 4.55. The lowest BCUT2D eigenvalue weighted by Gasteiger charge is -2.14. The van der Waals surface area contributed by atoms with Crippen LogP contribution in [0, 0.1) is 6.92 Å². The molecule has 0 atom stereocenters. The Bertz CT molecular complexity index is 1630. The molecular weight excluding hydrogens is 508 g/mol. The van der Waals surface area contributed by atoms with Gasteiger partial charge in [-0.3, -0.25) is 4.57 Å². The summed E-state index contributed by atoms with van der Waals surface area (Å²) in [5.41, 5.74) is 2.08. The number of imidazole rings is 1. The maximum absolute atomic E-state index is 13.7. The minimum atomic E-state index is -3.84. The van der Waals surface area contributed by atoms with Crippen molar-refractivity contribution < 1.29 is 22.4 Å². The lowest BCUT2D eigenvalue weighted by atomic mass is 10.1. The zero-order valence-electron chi connectivity index (χ0n) is 22.3. The van der Waals surface area contributed by atoms with Gasteiger partial charge in [-0.25, -0.2) is 13.2 Å². The Labute approximate surface area is 221 Å². The third-order valence-electron chi connectivity index (χ3n) is 6.63. The average Bonchev–Trinajstić information content (AvgIpc) is 3.63. The summed E-state index contributed by atoms with van der Waals surface area (Å²) >= 11 is 0. The first kappa shape index (κ1) is 26.3. The molecule has 0 radical (unpaired) electrons. The topological polar surface area (TPSA) is 109 Å². The third-order valence-corrected chi connectivity index (χ3v) is 8.81. The highest BCUT2D eigenvalue weighted by Gasteiger charge is 2.40. The molecule has 1 saturated carbocycles. The smallest absolute Gasteiger partial charge is 0.343 e. The van der Waals surface area contributed by atoms with Gasteiger partial charge >= 0.3 is 5.69 Å². The predicted octanol–water partition coefficient (Wildman–Crippen LogP) is 3.76. The molecule has 0 unspecified atom stereocenters. The van der Waals surface area contributed by atoms with Crippen LogP contribution in [0.3, 0.4) is 0 Å². The number of fused-ring (bicyclic) bond motifs is 2. The summed E-state index contributed by atoms with van der Waals surface area (Å²) in [6.07, 6.45) is 2.82. The van der Waals surface area contributed by atoms with Crippen LogP contribution in [-0.4, -0.2) is 66.1 Å². The normalized spacial score (nSPS) is 14.1. The Hall–Kier alpha value is -3.31. The summed E-state index contributed by atoms with van der Waals surface area (Å²) in [6.45, 7) is 5.98. The molecular formula is C27H34N4O6S.